The second-order valence-electron chi connectivity index (χ2n) is 4.76. The molecule has 0 aliphatic rings. The van der Waals surface area contributed by atoms with Gasteiger partial charge in [-0.3, -0.25) is 0 Å². The number of hydrogen-bond acceptors (Lipinski definition) is 4. The summed E-state index contributed by atoms with van der Waals surface area (Å²) in [5.74, 6) is 0.787. The molecule has 2 aromatic rings. The molecule has 0 bridgehead atoms. The number of benzene rings is 1. The molecule has 0 amide bonds. The molecule has 0 saturated carbocycles. The quantitative estimate of drug-likeness (QED) is 0.801. The van der Waals surface area contributed by atoms with Crippen molar-refractivity contribution in [2.75, 3.05) is 19.0 Å². The lowest BCUT2D eigenvalue weighted by Crippen LogP contribution is -2.19. The maximum atomic E-state index is 5.82. The van der Waals surface area contributed by atoms with Crippen LogP contribution in [-0.4, -0.2) is 29.7 Å². The molecular weight excluding hydrogens is 270 g/mol. The molecule has 1 aromatic carbocycles. The minimum Gasteiger partial charge on any atom is -0.389 e. The predicted molar refractivity (Wildman–Crippen MR) is 87.2 cm³/mol. The fourth-order valence-corrected chi connectivity index (χ4v) is 2.24. The first kappa shape index (κ1) is 14.7. The van der Waals surface area contributed by atoms with E-state index in [4.69, 9.17) is 22.7 Å². The number of thiocarbonyl (C=S) groups is 1. The van der Waals surface area contributed by atoms with Gasteiger partial charge in [-0.2, -0.15) is 0 Å². The summed E-state index contributed by atoms with van der Waals surface area (Å²) in [4.78, 5) is 4.98. The summed E-state index contributed by atoms with van der Waals surface area (Å²) in [7, 11) is 1.70. The Morgan fingerprint density at radius 2 is 2.20 bits per heavy atom. The van der Waals surface area contributed by atoms with Gasteiger partial charge in [-0.25, -0.2) is 4.98 Å². The van der Waals surface area contributed by atoms with Gasteiger partial charge in [0.2, 0.25) is 0 Å². The molecule has 4 nitrogen and oxygen atoms in total. The number of nitrogens with two attached hydrogens (primary N) is 1. The highest BCUT2D eigenvalue weighted by molar-refractivity contribution is 7.80. The molecule has 20 heavy (non-hydrogen) atoms. The Balaban J connectivity index is 2.32. The molecular formula is C15H19N3OS. The van der Waals surface area contributed by atoms with Gasteiger partial charge in [0, 0.05) is 30.7 Å². The minimum absolute atomic E-state index is 0.266. The van der Waals surface area contributed by atoms with Gasteiger partial charge >= 0.3 is 0 Å². The number of pyridine rings is 1. The average molecular weight is 289 g/mol. The van der Waals surface area contributed by atoms with Crippen molar-refractivity contribution in [3.63, 3.8) is 0 Å². The largest absolute Gasteiger partial charge is 0.389 e. The number of nitrogens with zero attached hydrogens (tertiary/aromatic N) is 1. The van der Waals surface area contributed by atoms with Gasteiger partial charge < -0.3 is 15.8 Å². The Hall–Kier alpha value is -1.72. The Morgan fingerprint density at radius 3 is 2.90 bits per heavy atom. The summed E-state index contributed by atoms with van der Waals surface area (Å²) in [5, 5.41) is 4.34. The van der Waals surface area contributed by atoms with E-state index in [1.54, 1.807) is 7.11 Å². The van der Waals surface area contributed by atoms with E-state index < -0.39 is 0 Å². The van der Waals surface area contributed by atoms with Crippen LogP contribution in [0.1, 0.15) is 18.9 Å². The van der Waals surface area contributed by atoms with Crippen LogP contribution in [0.2, 0.25) is 0 Å². The van der Waals surface area contributed by atoms with Gasteiger partial charge in [-0.1, -0.05) is 30.4 Å². The van der Waals surface area contributed by atoms with Gasteiger partial charge in [0.1, 0.15) is 10.8 Å². The maximum Gasteiger partial charge on any atom is 0.127 e. The van der Waals surface area contributed by atoms with Crippen molar-refractivity contribution >= 4 is 33.9 Å². The predicted octanol–water partition coefficient (Wildman–Crippen LogP) is 2.71. The van der Waals surface area contributed by atoms with Gasteiger partial charge in [0.15, 0.2) is 0 Å². The highest BCUT2D eigenvalue weighted by atomic mass is 32.1. The first-order chi connectivity index (χ1) is 9.61. The Bertz CT molecular complexity index is 615. The third-order valence-corrected chi connectivity index (χ3v) is 3.35. The number of aromatic nitrogens is 1. The number of rotatable bonds is 6. The molecule has 0 saturated heterocycles. The van der Waals surface area contributed by atoms with E-state index in [0.717, 1.165) is 28.7 Å². The molecule has 5 heteroatoms. The molecule has 106 valence electrons. The van der Waals surface area contributed by atoms with Crippen molar-refractivity contribution in [1.29, 1.82) is 0 Å². The van der Waals surface area contributed by atoms with Gasteiger partial charge in [-0.15, -0.1) is 0 Å². The fraction of sp³-hybridized carbons (Fsp3) is 0.333. The Morgan fingerprint density at radius 1 is 1.45 bits per heavy atom. The number of ether oxygens (including phenoxy) is 1. The zero-order valence-corrected chi connectivity index (χ0v) is 12.5. The third-order valence-electron chi connectivity index (χ3n) is 3.13. The summed E-state index contributed by atoms with van der Waals surface area (Å²) in [6.45, 7) is 2.81. The van der Waals surface area contributed by atoms with Crippen molar-refractivity contribution in [3.05, 3.63) is 35.9 Å². The highest BCUT2D eigenvalue weighted by Gasteiger charge is 2.09. The van der Waals surface area contributed by atoms with Crippen LogP contribution in [-0.2, 0) is 4.74 Å². The lowest BCUT2D eigenvalue weighted by Gasteiger charge is -2.15. The average Bonchev–Trinajstić information content (AvgIpc) is 2.44. The lowest BCUT2D eigenvalue weighted by molar-refractivity contribution is 0.191. The van der Waals surface area contributed by atoms with Gasteiger partial charge in [0.25, 0.3) is 0 Å². The van der Waals surface area contributed by atoms with Crippen molar-refractivity contribution in [1.82, 2.24) is 4.98 Å². The molecule has 0 radical (unpaired) electrons. The zero-order chi connectivity index (χ0) is 14.5. The molecule has 0 fully saturated rings. The summed E-state index contributed by atoms with van der Waals surface area (Å²) in [6, 6.07) is 10.0. The van der Waals surface area contributed by atoms with E-state index in [2.05, 4.69) is 17.2 Å². The van der Waals surface area contributed by atoms with Crippen molar-refractivity contribution in [3.8, 4) is 0 Å². The highest BCUT2D eigenvalue weighted by Crippen LogP contribution is 2.21. The van der Waals surface area contributed by atoms with Crippen molar-refractivity contribution in [2.45, 2.75) is 19.4 Å². The third kappa shape index (κ3) is 3.43. The molecule has 1 unspecified atom stereocenters. The van der Waals surface area contributed by atoms with Crippen LogP contribution in [0, 0.1) is 0 Å². The van der Waals surface area contributed by atoms with Crippen LogP contribution >= 0.6 is 12.2 Å². The molecule has 3 N–H and O–H groups in total. The first-order valence-electron chi connectivity index (χ1n) is 6.57. The standard InChI is InChI=1S/C15H19N3OS/c1-10(7-8-19-2)17-14-9-12(15(16)20)11-5-3-4-6-13(11)18-14/h3-6,9-10H,7-8H2,1-2H3,(H2,16,20)(H,17,18). The Labute approximate surface area is 124 Å². The van der Waals surface area contributed by atoms with Gasteiger partial charge in [0.05, 0.1) is 5.52 Å². The number of nitrogens with one attached hydrogen (secondary N) is 1. The fourth-order valence-electron chi connectivity index (χ4n) is 2.07. The molecule has 0 aliphatic carbocycles. The number of para-hydroxylation sites is 1. The van der Waals surface area contributed by atoms with Crippen molar-refractivity contribution < 1.29 is 4.74 Å². The molecule has 1 heterocycles. The summed E-state index contributed by atoms with van der Waals surface area (Å²) >= 11 is 5.13. The molecule has 1 atom stereocenters. The number of fused-ring (bicyclic) bond motifs is 1. The molecule has 0 aliphatic heterocycles. The smallest absolute Gasteiger partial charge is 0.127 e. The molecule has 1 aromatic heterocycles. The molecule has 0 spiro atoms. The molecule has 2 rings (SSSR count). The number of hydrogen-bond donors (Lipinski definition) is 2. The van der Waals surface area contributed by atoms with Crippen molar-refractivity contribution in [2.24, 2.45) is 5.73 Å². The lowest BCUT2D eigenvalue weighted by atomic mass is 10.1. The van der Waals surface area contributed by atoms with Crippen LogP contribution in [0.5, 0.6) is 0 Å². The van der Waals surface area contributed by atoms with E-state index >= 15 is 0 Å². The van der Waals surface area contributed by atoms with Gasteiger partial charge in [-0.05, 0) is 25.5 Å². The van der Waals surface area contributed by atoms with E-state index in [9.17, 15) is 0 Å². The number of methoxy groups -OCH3 is 1. The van der Waals surface area contributed by atoms with Crippen LogP contribution in [0.3, 0.4) is 0 Å². The minimum atomic E-state index is 0.266. The second kappa shape index (κ2) is 6.63. The van der Waals surface area contributed by atoms with Crippen LogP contribution in [0.15, 0.2) is 30.3 Å². The number of anilines is 1. The monoisotopic (exact) mass is 289 g/mol. The topological polar surface area (TPSA) is 60.2 Å². The summed E-state index contributed by atoms with van der Waals surface area (Å²) in [6.07, 6.45) is 0.910. The van der Waals surface area contributed by atoms with Crippen LogP contribution in [0.25, 0.3) is 10.9 Å². The summed E-state index contributed by atoms with van der Waals surface area (Å²) in [5.41, 5.74) is 7.56. The first-order valence-corrected chi connectivity index (χ1v) is 6.97. The maximum absolute atomic E-state index is 5.82. The van der Waals surface area contributed by atoms with E-state index in [1.807, 2.05) is 30.3 Å². The van der Waals surface area contributed by atoms with E-state index in [0.29, 0.717) is 11.6 Å². The van der Waals surface area contributed by atoms with Crippen LogP contribution in [0.4, 0.5) is 5.82 Å². The SMILES string of the molecule is COCCC(C)Nc1cc(C(N)=S)c2ccccc2n1. The van der Waals surface area contributed by atoms with E-state index in [1.165, 1.54) is 0 Å². The summed E-state index contributed by atoms with van der Waals surface area (Å²) < 4.78 is 5.08. The normalized spacial score (nSPS) is 12.3. The van der Waals surface area contributed by atoms with Crippen LogP contribution < -0.4 is 11.1 Å². The zero-order valence-electron chi connectivity index (χ0n) is 11.7. The van der Waals surface area contributed by atoms with E-state index in [-0.39, 0.29) is 6.04 Å². The Kier molecular flexibility index (Phi) is 4.87. The second-order valence-corrected chi connectivity index (χ2v) is 5.20.